The molecule has 0 aliphatic carbocycles. The number of piperidine rings is 1. The minimum Gasteiger partial charge on any atom is -0.502 e. The van der Waals surface area contributed by atoms with Gasteiger partial charge in [0.05, 0.1) is 9.82 Å². The van der Waals surface area contributed by atoms with Crippen molar-refractivity contribution in [2.45, 2.75) is 17.7 Å². The number of benzene rings is 1. The number of phenolic OH excluding ortho intramolecular Hbond substituents is 1. The van der Waals surface area contributed by atoms with E-state index >= 15 is 0 Å². The molecule has 0 atom stereocenters. The predicted octanol–water partition coefficient (Wildman–Crippen LogP) is 0.900. The molecule has 0 spiro atoms. The smallest absolute Gasteiger partial charge is 0.312 e. The van der Waals surface area contributed by atoms with Gasteiger partial charge >= 0.3 is 5.69 Å². The summed E-state index contributed by atoms with van der Waals surface area (Å²) in [7, 11) is -3.86. The van der Waals surface area contributed by atoms with Crippen molar-refractivity contribution in [2.75, 3.05) is 13.1 Å². The van der Waals surface area contributed by atoms with Crippen LogP contribution in [-0.4, -0.2) is 42.1 Å². The van der Waals surface area contributed by atoms with Crippen LogP contribution in [0.1, 0.15) is 12.8 Å². The van der Waals surface area contributed by atoms with Crippen molar-refractivity contribution in [3.63, 3.8) is 0 Å². The van der Waals surface area contributed by atoms with Gasteiger partial charge in [-0.3, -0.25) is 10.1 Å². The van der Waals surface area contributed by atoms with Gasteiger partial charge in [-0.15, -0.1) is 0 Å². The number of rotatable bonds is 4. The van der Waals surface area contributed by atoms with Crippen LogP contribution in [0, 0.1) is 16.0 Å². The largest absolute Gasteiger partial charge is 0.502 e. The van der Waals surface area contributed by atoms with Crippen molar-refractivity contribution in [3.05, 3.63) is 28.3 Å². The highest BCUT2D eigenvalue weighted by atomic mass is 32.2. The number of nitrogens with zero attached hydrogens (tertiary/aromatic N) is 2. The third-order valence-corrected chi connectivity index (χ3v) is 5.37. The van der Waals surface area contributed by atoms with Gasteiger partial charge in [0.15, 0.2) is 5.75 Å². The maximum absolute atomic E-state index is 12.4. The average Bonchev–Trinajstić information content (AvgIpc) is 2.47. The number of phenols is 1. The number of carbonyl (C=O) groups excluding carboxylic acids is 1. The second-order valence-corrected chi connectivity index (χ2v) is 6.72. The van der Waals surface area contributed by atoms with Crippen molar-refractivity contribution >= 4 is 22.0 Å². The van der Waals surface area contributed by atoms with Gasteiger partial charge in [0.1, 0.15) is 6.29 Å². The number of nitro groups is 1. The fraction of sp³-hybridized carbons (Fsp3) is 0.417. The minimum atomic E-state index is -3.86. The highest BCUT2D eigenvalue weighted by Gasteiger charge is 2.30. The Hall–Kier alpha value is -2.00. The first-order valence-electron chi connectivity index (χ1n) is 6.29. The quantitative estimate of drug-likeness (QED) is 0.501. The number of nitro benzene ring substituents is 1. The Kier molecular flexibility index (Phi) is 4.24. The second-order valence-electron chi connectivity index (χ2n) is 4.79. The molecule has 114 valence electrons. The summed E-state index contributed by atoms with van der Waals surface area (Å²) >= 11 is 0. The molecule has 8 nitrogen and oxygen atoms in total. The van der Waals surface area contributed by atoms with Gasteiger partial charge in [0.25, 0.3) is 0 Å². The Morgan fingerprint density at radius 2 is 1.95 bits per heavy atom. The van der Waals surface area contributed by atoms with E-state index in [1.165, 1.54) is 4.31 Å². The summed E-state index contributed by atoms with van der Waals surface area (Å²) in [6.07, 6.45) is 1.68. The summed E-state index contributed by atoms with van der Waals surface area (Å²) in [5.41, 5.74) is -0.654. The minimum absolute atomic E-state index is 0.148. The fourth-order valence-corrected chi connectivity index (χ4v) is 3.70. The van der Waals surface area contributed by atoms with Crippen LogP contribution in [-0.2, 0) is 14.8 Å². The molecular weight excluding hydrogens is 300 g/mol. The van der Waals surface area contributed by atoms with E-state index in [1.807, 2.05) is 0 Å². The number of sulfonamides is 1. The van der Waals surface area contributed by atoms with Crippen LogP contribution in [0.4, 0.5) is 5.69 Å². The molecule has 1 fully saturated rings. The Balaban J connectivity index is 2.30. The number of aldehydes is 1. The van der Waals surface area contributed by atoms with Gasteiger partial charge < -0.3 is 9.90 Å². The molecular formula is C12H14N2O6S. The van der Waals surface area contributed by atoms with E-state index in [9.17, 15) is 28.4 Å². The molecule has 1 aromatic carbocycles. The molecule has 1 aromatic rings. The van der Waals surface area contributed by atoms with Gasteiger partial charge in [-0.05, 0) is 25.0 Å². The van der Waals surface area contributed by atoms with Crippen LogP contribution in [0.15, 0.2) is 23.1 Å². The maximum Gasteiger partial charge on any atom is 0.312 e. The lowest BCUT2D eigenvalue weighted by molar-refractivity contribution is -0.386. The number of hydrogen-bond acceptors (Lipinski definition) is 6. The first-order valence-corrected chi connectivity index (χ1v) is 7.73. The molecule has 1 aliphatic rings. The van der Waals surface area contributed by atoms with Gasteiger partial charge in [-0.1, -0.05) is 0 Å². The lowest BCUT2D eigenvalue weighted by Crippen LogP contribution is -2.38. The normalized spacial score (nSPS) is 17.5. The molecule has 2 rings (SSSR count). The van der Waals surface area contributed by atoms with Crippen molar-refractivity contribution < 1.29 is 23.2 Å². The maximum atomic E-state index is 12.4. The van der Waals surface area contributed by atoms with Crippen LogP contribution in [0.5, 0.6) is 5.75 Å². The molecule has 1 saturated heterocycles. The number of hydrogen-bond donors (Lipinski definition) is 1. The van der Waals surface area contributed by atoms with Crippen molar-refractivity contribution in [1.29, 1.82) is 0 Å². The Labute approximate surface area is 121 Å². The van der Waals surface area contributed by atoms with Crippen LogP contribution >= 0.6 is 0 Å². The predicted molar refractivity (Wildman–Crippen MR) is 72.3 cm³/mol. The average molecular weight is 314 g/mol. The SMILES string of the molecule is O=CC1CCN(S(=O)(=O)c2ccc(O)c([N+](=O)[O-])c2)CC1. The van der Waals surface area contributed by atoms with Crippen LogP contribution < -0.4 is 0 Å². The van der Waals surface area contributed by atoms with E-state index in [0.717, 1.165) is 24.5 Å². The first kappa shape index (κ1) is 15.4. The van der Waals surface area contributed by atoms with E-state index in [0.29, 0.717) is 12.8 Å². The Morgan fingerprint density at radius 3 is 2.48 bits per heavy atom. The zero-order chi connectivity index (χ0) is 15.6. The monoisotopic (exact) mass is 314 g/mol. The molecule has 0 radical (unpaired) electrons. The van der Waals surface area contributed by atoms with Crippen LogP contribution in [0.2, 0.25) is 0 Å². The van der Waals surface area contributed by atoms with E-state index in [2.05, 4.69) is 0 Å². The molecule has 1 aliphatic heterocycles. The number of aromatic hydroxyl groups is 1. The summed E-state index contributed by atoms with van der Waals surface area (Å²) in [4.78, 5) is 20.4. The van der Waals surface area contributed by atoms with Gasteiger partial charge in [-0.25, -0.2) is 8.42 Å². The Bertz CT molecular complexity index is 664. The summed E-state index contributed by atoms with van der Waals surface area (Å²) in [6.45, 7) is 0.390. The van der Waals surface area contributed by atoms with E-state index in [-0.39, 0.29) is 23.9 Å². The molecule has 0 bridgehead atoms. The third-order valence-electron chi connectivity index (χ3n) is 3.47. The molecule has 1 heterocycles. The van der Waals surface area contributed by atoms with Gasteiger partial charge in [0.2, 0.25) is 10.0 Å². The summed E-state index contributed by atoms with van der Waals surface area (Å²) in [5.74, 6) is -0.732. The molecule has 9 heteroatoms. The zero-order valence-corrected chi connectivity index (χ0v) is 11.8. The van der Waals surface area contributed by atoms with E-state index in [4.69, 9.17) is 0 Å². The van der Waals surface area contributed by atoms with Crippen LogP contribution in [0.25, 0.3) is 0 Å². The molecule has 1 N–H and O–H groups in total. The van der Waals surface area contributed by atoms with Crippen molar-refractivity contribution in [2.24, 2.45) is 5.92 Å². The highest BCUT2D eigenvalue weighted by molar-refractivity contribution is 7.89. The summed E-state index contributed by atoms with van der Waals surface area (Å²) in [6, 6.07) is 2.96. The summed E-state index contributed by atoms with van der Waals surface area (Å²) < 4.78 is 26.0. The standard InChI is InChI=1S/C12H14N2O6S/c15-8-9-3-5-13(6-4-9)21(19,20)10-1-2-12(16)11(7-10)14(17)18/h1-2,7-9,16H,3-6H2. The van der Waals surface area contributed by atoms with E-state index < -0.39 is 26.4 Å². The highest BCUT2D eigenvalue weighted by Crippen LogP contribution is 2.30. The van der Waals surface area contributed by atoms with Gasteiger partial charge in [0, 0.05) is 25.1 Å². The fourth-order valence-electron chi connectivity index (χ4n) is 2.21. The molecule has 0 saturated carbocycles. The molecule has 21 heavy (non-hydrogen) atoms. The topological polar surface area (TPSA) is 118 Å². The Morgan fingerprint density at radius 1 is 1.33 bits per heavy atom. The van der Waals surface area contributed by atoms with Crippen LogP contribution in [0.3, 0.4) is 0 Å². The number of carbonyl (C=O) groups is 1. The lowest BCUT2D eigenvalue weighted by atomic mass is 10.0. The third kappa shape index (κ3) is 3.03. The lowest BCUT2D eigenvalue weighted by Gasteiger charge is -2.28. The summed E-state index contributed by atoms with van der Waals surface area (Å²) in [5, 5.41) is 20.1. The van der Waals surface area contributed by atoms with Crippen molar-refractivity contribution in [1.82, 2.24) is 4.31 Å². The van der Waals surface area contributed by atoms with Crippen molar-refractivity contribution in [3.8, 4) is 5.75 Å². The second kappa shape index (κ2) is 5.78. The van der Waals surface area contributed by atoms with E-state index in [1.54, 1.807) is 0 Å². The molecule has 0 unspecified atom stereocenters. The molecule has 0 aromatic heterocycles. The molecule has 0 amide bonds. The first-order chi connectivity index (χ1) is 9.86. The zero-order valence-electron chi connectivity index (χ0n) is 11.0. The van der Waals surface area contributed by atoms with Gasteiger partial charge in [-0.2, -0.15) is 4.31 Å².